The molecule has 0 bridgehead atoms. The topological polar surface area (TPSA) is 86.7 Å². The number of thioether (sulfide) groups is 1. The zero-order valence-electron chi connectivity index (χ0n) is 12.2. The minimum absolute atomic E-state index is 0.127. The fourth-order valence-electron chi connectivity index (χ4n) is 2.98. The highest BCUT2D eigenvalue weighted by atomic mass is 32.2. The Hall–Kier alpha value is -1.09. The number of carbonyl (C=O) groups excluding carboxylic acids is 1. The average Bonchev–Trinajstić information content (AvgIpc) is 2.47. The molecule has 22 heavy (non-hydrogen) atoms. The van der Waals surface area contributed by atoms with Crippen molar-refractivity contribution >= 4 is 27.7 Å². The molecular weight excluding hydrogens is 324 g/mol. The molecular formula is C14H18N2O4S2. The maximum atomic E-state index is 12.6. The molecule has 1 atom stereocenters. The second-order valence-corrected chi connectivity index (χ2v) is 8.61. The monoisotopic (exact) mass is 342 g/mol. The number of aliphatic hydroxyl groups excluding tert-OH is 1. The maximum Gasteiger partial charge on any atom is 0.243 e. The van der Waals surface area contributed by atoms with Crippen LogP contribution in [0.25, 0.3) is 0 Å². The first-order valence-corrected chi connectivity index (χ1v) is 9.64. The van der Waals surface area contributed by atoms with Crippen molar-refractivity contribution < 1.29 is 18.3 Å². The number of hydrogen-bond acceptors (Lipinski definition) is 5. The van der Waals surface area contributed by atoms with Crippen LogP contribution in [0.5, 0.6) is 0 Å². The van der Waals surface area contributed by atoms with Crippen molar-refractivity contribution in [3.63, 3.8) is 0 Å². The highest BCUT2D eigenvalue weighted by molar-refractivity contribution is 7.98. The second-order valence-electron chi connectivity index (χ2n) is 5.80. The Morgan fingerprint density at radius 2 is 1.95 bits per heavy atom. The highest BCUT2D eigenvalue weighted by Gasteiger charge is 2.55. The molecule has 0 aliphatic carbocycles. The molecule has 0 radical (unpaired) electrons. The molecule has 2 saturated heterocycles. The van der Waals surface area contributed by atoms with Crippen LogP contribution in [0.15, 0.2) is 34.1 Å². The van der Waals surface area contributed by atoms with E-state index in [9.17, 15) is 18.3 Å². The number of aliphatic hydroxyl groups is 1. The van der Waals surface area contributed by atoms with Gasteiger partial charge in [0.25, 0.3) is 0 Å². The normalized spacial score (nSPS) is 24.8. The first-order chi connectivity index (χ1) is 10.4. The van der Waals surface area contributed by atoms with Gasteiger partial charge in [0.15, 0.2) is 0 Å². The van der Waals surface area contributed by atoms with Crippen LogP contribution in [0, 0.1) is 5.41 Å². The molecule has 1 unspecified atom stereocenters. The molecule has 2 aliphatic heterocycles. The van der Waals surface area contributed by atoms with E-state index >= 15 is 0 Å². The summed E-state index contributed by atoms with van der Waals surface area (Å²) in [5.41, 5.74) is -0.774. The molecule has 0 saturated carbocycles. The van der Waals surface area contributed by atoms with E-state index in [1.807, 2.05) is 6.26 Å². The third kappa shape index (κ3) is 2.54. The zero-order chi connectivity index (χ0) is 16.0. The Morgan fingerprint density at radius 3 is 2.55 bits per heavy atom. The standard InChI is InChI=1S/C14H18N2O4S2/c1-21-11-2-4-12(5-3-11)22(19,20)16-8-14(9-16)6-10(17)7-15-13(14)18/h2-5,10,17H,6-9H2,1H3,(H,15,18). The Morgan fingerprint density at radius 1 is 1.32 bits per heavy atom. The van der Waals surface area contributed by atoms with Crippen LogP contribution in [-0.4, -0.2) is 55.7 Å². The molecule has 2 fully saturated rings. The smallest absolute Gasteiger partial charge is 0.243 e. The lowest BCUT2D eigenvalue weighted by Crippen LogP contribution is -2.68. The Labute approximate surface area is 133 Å². The van der Waals surface area contributed by atoms with E-state index < -0.39 is 21.5 Å². The quantitative estimate of drug-likeness (QED) is 0.771. The Bertz CT molecular complexity index is 681. The molecule has 2 heterocycles. The van der Waals surface area contributed by atoms with Crippen LogP contribution in [-0.2, 0) is 14.8 Å². The number of carbonyl (C=O) groups is 1. The van der Waals surface area contributed by atoms with Crippen LogP contribution >= 0.6 is 11.8 Å². The lowest BCUT2D eigenvalue weighted by atomic mass is 9.74. The summed E-state index contributed by atoms with van der Waals surface area (Å²) >= 11 is 1.55. The zero-order valence-corrected chi connectivity index (χ0v) is 13.8. The molecule has 3 rings (SSSR count). The molecule has 2 aliphatic rings. The van der Waals surface area contributed by atoms with Gasteiger partial charge in [-0.2, -0.15) is 4.31 Å². The van der Waals surface area contributed by atoms with Crippen molar-refractivity contribution in [2.75, 3.05) is 25.9 Å². The summed E-state index contributed by atoms with van der Waals surface area (Å²) in [7, 11) is -3.58. The van der Waals surface area contributed by atoms with E-state index in [0.29, 0.717) is 6.42 Å². The first-order valence-electron chi connectivity index (χ1n) is 6.98. The molecule has 1 aromatic carbocycles. The molecule has 1 spiro atoms. The predicted molar refractivity (Wildman–Crippen MR) is 83.0 cm³/mol. The molecule has 0 aromatic heterocycles. The molecule has 8 heteroatoms. The number of hydrogen-bond donors (Lipinski definition) is 2. The van der Waals surface area contributed by atoms with Gasteiger partial charge in [-0.3, -0.25) is 4.79 Å². The summed E-state index contributed by atoms with van der Waals surface area (Å²) in [6.45, 7) is 0.495. The van der Waals surface area contributed by atoms with Gasteiger partial charge in [-0.15, -0.1) is 11.8 Å². The molecule has 1 aromatic rings. The van der Waals surface area contributed by atoms with E-state index in [0.717, 1.165) is 4.90 Å². The number of sulfonamides is 1. The van der Waals surface area contributed by atoms with Crippen molar-refractivity contribution in [2.24, 2.45) is 5.41 Å². The largest absolute Gasteiger partial charge is 0.391 e. The Balaban J connectivity index is 1.77. The van der Waals surface area contributed by atoms with E-state index in [-0.39, 0.29) is 30.4 Å². The van der Waals surface area contributed by atoms with Gasteiger partial charge in [0.05, 0.1) is 16.4 Å². The summed E-state index contributed by atoms with van der Waals surface area (Å²) in [4.78, 5) is 13.2. The summed E-state index contributed by atoms with van der Waals surface area (Å²) in [6, 6.07) is 6.71. The Kier molecular flexibility index (Phi) is 3.96. The van der Waals surface area contributed by atoms with Crippen LogP contribution in [0.1, 0.15) is 6.42 Å². The van der Waals surface area contributed by atoms with Crippen molar-refractivity contribution in [3.05, 3.63) is 24.3 Å². The number of nitrogens with one attached hydrogen (secondary N) is 1. The van der Waals surface area contributed by atoms with E-state index in [2.05, 4.69) is 5.32 Å². The van der Waals surface area contributed by atoms with Gasteiger partial charge in [0.2, 0.25) is 15.9 Å². The fraction of sp³-hybridized carbons (Fsp3) is 0.500. The van der Waals surface area contributed by atoms with Crippen molar-refractivity contribution in [3.8, 4) is 0 Å². The number of amides is 1. The van der Waals surface area contributed by atoms with Gasteiger partial charge in [-0.1, -0.05) is 0 Å². The average molecular weight is 342 g/mol. The van der Waals surface area contributed by atoms with Gasteiger partial charge < -0.3 is 10.4 Å². The SMILES string of the molecule is CSc1ccc(S(=O)(=O)N2CC3(CC(O)CNC3=O)C2)cc1. The third-order valence-electron chi connectivity index (χ3n) is 4.26. The number of β-amino-alcohol motifs (C(OH)–C–C–N with tert-alkyl or cyclic N) is 1. The van der Waals surface area contributed by atoms with Crippen LogP contribution < -0.4 is 5.32 Å². The lowest BCUT2D eigenvalue weighted by molar-refractivity contribution is -0.145. The fourth-order valence-corrected chi connectivity index (χ4v) is 5.00. The van der Waals surface area contributed by atoms with Crippen LogP contribution in [0.4, 0.5) is 0 Å². The van der Waals surface area contributed by atoms with Crippen LogP contribution in [0.2, 0.25) is 0 Å². The summed E-state index contributed by atoms with van der Waals surface area (Å²) in [5, 5.41) is 12.3. The minimum atomic E-state index is -3.58. The van der Waals surface area contributed by atoms with Gasteiger partial charge >= 0.3 is 0 Å². The minimum Gasteiger partial charge on any atom is -0.391 e. The van der Waals surface area contributed by atoms with Gasteiger partial charge in [-0.25, -0.2) is 8.42 Å². The van der Waals surface area contributed by atoms with Gasteiger partial charge in [0.1, 0.15) is 0 Å². The van der Waals surface area contributed by atoms with E-state index in [1.54, 1.807) is 36.0 Å². The first kappa shape index (κ1) is 15.8. The second kappa shape index (κ2) is 5.52. The molecule has 2 N–H and O–H groups in total. The number of benzene rings is 1. The van der Waals surface area contributed by atoms with Crippen molar-refractivity contribution in [2.45, 2.75) is 22.3 Å². The summed E-state index contributed by atoms with van der Waals surface area (Å²) in [6.07, 6.45) is 1.63. The summed E-state index contributed by atoms with van der Waals surface area (Å²) in [5.74, 6) is -0.165. The lowest BCUT2D eigenvalue weighted by Gasteiger charge is -2.50. The highest BCUT2D eigenvalue weighted by Crippen LogP contribution is 2.40. The molecule has 6 nitrogen and oxygen atoms in total. The van der Waals surface area contributed by atoms with Gasteiger partial charge in [0, 0.05) is 24.5 Å². The van der Waals surface area contributed by atoms with Crippen molar-refractivity contribution in [1.82, 2.24) is 9.62 Å². The van der Waals surface area contributed by atoms with Gasteiger partial charge in [-0.05, 0) is 36.9 Å². The van der Waals surface area contributed by atoms with E-state index in [4.69, 9.17) is 0 Å². The number of piperidine rings is 1. The molecule has 120 valence electrons. The third-order valence-corrected chi connectivity index (χ3v) is 6.81. The number of nitrogens with zero attached hydrogens (tertiary/aromatic N) is 1. The van der Waals surface area contributed by atoms with Crippen molar-refractivity contribution in [1.29, 1.82) is 0 Å². The maximum absolute atomic E-state index is 12.6. The van der Waals surface area contributed by atoms with Crippen LogP contribution in [0.3, 0.4) is 0 Å². The van der Waals surface area contributed by atoms with E-state index in [1.165, 1.54) is 4.31 Å². The predicted octanol–water partition coefficient (Wildman–Crippen LogP) is 0.280. The molecule has 1 amide bonds. The summed E-state index contributed by atoms with van der Waals surface area (Å²) < 4.78 is 26.4. The number of rotatable bonds is 3.